The zero-order valence-corrected chi connectivity index (χ0v) is 11.7. The Hall–Kier alpha value is -1.47. The largest absolute Gasteiger partial charge is 0.464 e. The quantitative estimate of drug-likeness (QED) is 0.853. The smallest absolute Gasteiger partial charge is 0.357 e. The highest BCUT2D eigenvalue weighted by molar-refractivity contribution is 7.13. The topological polar surface area (TPSA) is 64.1 Å². The molecule has 5 nitrogen and oxygen atoms in total. The SMILES string of the molecule is COC(=O)c1csc(NCCc2nc(C)cs2)n1. The molecule has 0 radical (unpaired) electrons. The standard InChI is InChI=1S/C11H13N3O2S2/c1-7-5-17-9(13-7)3-4-12-11-14-8(6-18-11)10(15)16-2/h5-6H,3-4H2,1-2H3,(H,12,14). The molecule has 0 atom stereocenters. The molecule has 0 saturated carbocycles. The van der Waals surface area contributed by atoms with Gasteiger partial charge in [-0.2, -0.15) is 0 Å². The van der Waals surface area contributed by atoms with E-state index in [1.165, 1.54) is 18.4 Å². The van der Waals surface area contributed by atoms with Crippen LogP contribution in [0.15, 0.2) is 10.8 Å². The third kappa shape index (κ3) is 3.27. The van der Waals surface area contributed by atoms with Crippen LogP contribution >= 0.6 is 22.7 Å². The van der Waals surface area contributed by atoms with Crippen molar-refractivity contribution in [2.75, 3.05) is 19.0 Å². The Balaban J connectivity index is 1.83. The van der Waals surface area contributed by atoms with Crippen LogP contribution in [0, 0.1) is 6.92 Å². The van der Waals surface area contributed by atoms with E-state index in [-0.39, 0.29) is 0 Å². The van der Waals surface area contributed by atoms with E-state index in [9.17, 15) is 4.79 Å². The summed E-state index contributed by atoms with van der Waals surface area (Å²) in [6.07, 6.45) is 0.853. The van der Waals surface area contributed by atoms with Gasteiger partial charge in [-0.15, -0.1) is 22.7 Å². The minimum atomic E-state index is -0.408. The molecule has 96 valence electrons. The van der Waals surface area contributed by atoms with E-state index in [1.807, 2.05) is 12.3 Å². The van der Waals surface area contributed by atoms with E-state index >= 15 is 0 Å². The van der Waals surface area contributed by atoms with Gasteiger partial charge >= 0.3 is 5.97 Å². The summed E-state index contributed by atoms with van der Waals surface area (Å²) in [4.78, 5) is 19.7. The number of rotatable bonds is 5. The molecule has 0 amide bonds. The van der Waals surface area contributed by atoms with E-state index in [0.717, 1.165) is 28.8 Å². The normalized spacial score (nSPS) is 10.3. The maximum absolute atomic E-state index is 11.2. The first-order valence-corrected chi connectivity index (χ1v) is 7.13. The fourth-order valence-corrected chi connectivity index (χ4v) is 2.83. The van der Waals surface area contributed by atoms with Crippen molar-refractivity contribution in [1.82, 2.24) is 9.97 Å². The zero-order valence-electron chi connectivity index (χ0n) is 10.1. The van der Waals surface area contributed by atoms with Crippen molar-refractivity contribution in [2.45, 2.75) is 13.3 Å². The summed E-state index contributed by atoms with van der Waals surface area (Å²) in [5, 5.41) is 8.71. The highest BCUT2D eigenvalue weighted by atomic mass is 32.1. The first kappa shape index (κ1) is 13.0. The first-order chi connectivity index (χ1) is 8.69. The fraction of sp³-hybridized carbons (Fsp3) is 0.364. The molecule has 7 heteroatoms. The number of ether oxygens (including phenoxy) is 1. The molecular formula is C11H13N3O2S2. The number of esters is 1. The number of thiazole rings is 2. The van der Waals surface area contributed by atoms with Crippen molar-refractivity contribution in [2.24, 2.45) is 0 Å². The lowest BCUT2D eigenvalue weighted by molar-refractivity contribution is 0.0595. The average molecular weight is 283 g/mol. The van der Waals surface area contributed by atoms with Crippen LogP contribution in [0.2, 0.25) is 0 Å². The number of carbonyl (C=O) groups is 1. The second-order valence-corrected chi connectivity index (χ2v) is 5.39. The molecule has 0 fully saturated rings. The van der Waals surface area contributed by atoms with Gasteiger partial charge in [0.2, 0.25) is 0 Å². The average Bonchev–Trinajstić information content (AvgIpc) is 2.98. The molecule has 0 saturated heterocycles. The molecule has 2 heterocycles. The summed E-state index contributed by atoms with van der Waals surface area (Å²) in [7, 11) is 1.35. The number of nitrogens with zero attached hydrogens (tertiary/aromatic N) is 2. The molecule has 0 aromatic carbocycles. The highest BCUT2D eigenvalue weighted by Crippen LogP contribution is 2.16. The summed E-state index contributed by atoms with van der Waals surface area (Å²) in [5.74, 6) is -0.408. The maximum atomic E-state index is 11.2. The molecule has 2 aromatic rings. The summed E-state index contributed by atoms with van der Waals surface area (Å²) in [6, 6.07) is 0. The van der Waals surface area contributed by atoms with Gasteiger partial charge in [-0.25, -0.2) is 14.8 Å². The van der Waals surface area contributed by atoms with Gasteiger partial charge in [0.05, 0.1) is 12.1 Å². The number of hydrogen-bond acceptors (Lipinski definition) is 7. The molecule has 1 N–H and O–H groups in total. The molecule has 0 aliphatic rings. The third-order valence-electron chi connectivity index (χ3n) is 2.18. The van der Waals surface area contributed by atoms with Crippen LogP contribution in [-0.2, 0) is 11.2 Å². The Kier molecular flexibility index (Phi) is 4.27. The molecule has 0 aliphatic carbocycles. The van der Waals surface area contributed by atoms with Crippen molar-refractivity contribution < 1.29 is 9.53 Å². The van der Waals surface area contributed by atoms with E-state index < -0.39 is 5.97 Å². The van der Waals surface area contributed by atoms with Gasteiger partial charge in [-0.1, -0.05) is 0 Å². The van der Waals surface area contributed by atoms with Crippen LogP contribution in [0.4, 0.5) is 5.13 Å². The number of aromatic nitrogens is 2. The summed E-state index contributed by atoms with van der Waals surface area (Å²) in [5.41, 5.74) is 1.40. The van der Waals surface area contributed by atoms with Gasteiger partial charge < -0.3 is 10.1 Å². The van der Waals surface area contributed by atoms with Gasteiger partial charge in [0, 0.05) is 29.4 Å². The van der Waals surface area contributed by atoms with Crippen LogP contribution in [0.3, 0.4) is 0 Å². The van der Waals surface area contributed by atoms with E-state index in [1.54, 1.807) is 16.7 Å². The Morgan fingerprint density at radius 2 is 2.22 bits per heavy atom. The molecule has 2 rings (SSSR count). The molecule has 18 heavy (non-hydrogen) atoms. The Labute approximate surface area is 113 Å². The van der Waals surface area contributed by atoms with Crippen LogP contribution in [0.5, 0.6) is 0 Å². The van der Waals surface area contributed by atoms with Crippen molar-refractivity contribution in [3.8, 4) is 0 Å². The predicted molar refractivity (Wildman–Crippen MR) is 72.5 cm³/mol. The molecule has 0 bridgehead atoms. The van der Waals surface area contributed by atoms with Crippen molar-refractivity contribution in [1.29, 1.82) is 0 Å². The first-order valence-electron chi connectivity index (χ1n) is 5.38. The monoisotopic (exact) mass is 283 g/mol. The lowest BCUT2D eigenvalue weighted by atomic mass is 10.4. The van der Waals surface area contributed by atoms with E-state index in [2.05, 4.69) is 20.0 Å². The summed E-state index contributed by atoms with van der Waals surface area (Å²) >= 11 is 3.05. The van der Waals surface area contributed by atoms with Crippen LogP contribution in [-0.4, -0.2) is 29.6 Å². The second kappa shape index (κ2) is 5.92. The van der Waals surface area contributed by atoms with Gasteiger partial charge in [0.25, 0.3) is 0 Å². The number of anilines is 1. The fourth-order valence-electron chi connectivity index (χ4n) is 1.35. The number of hydrogen-bond donors (Lipinski definition) is 1. The van der Waals surface area contributed by atoms with E-state index in [0.29, 0.717) is 5.69 Å². The number of methoxy groups -OCH3 is 1. The molecular weight excluding hydrogens is 270 g/mol. The van der Waals surface area contributed by atoms with Crippen molar-refractivity contribution >= 4 is 33.8 Å². The maximum Gasteiger partial charge on any atom is 0.357 e. The Morgan fingerprint density at radius 1 is 1.39 bits per heavy atom. The predicted octanol–water partition coefficient (Wildman–Crippen LogP) is 2.35. The molecule has 2 aromatic heterocycles. The molecule has 0 spiro atoms. The summed E-state index contributed by atoms with van der Waals surface area (Å²) < 4.78 is 4.60. The number of nitrogens with one attached hydrogen (secondary N) is 1. The molecule has 0 aliphatic heterocycles. The van der Waals surface area contributed by atoms with Gasteiger partial charge in [0.15, 0.2) is 10.8 Å². The number of carbonyl (C=O) groups excluding carboxylic acids is 1. The summed E-state index contributed by atoms with van der Waals surface area (Å²) in [6.45, 7) is 2.73. The Morgan fingerprint density at radius 3 is 2.89 bits per heavy atom. The van der Waals surface area contributed by atoms with Gasteiger partial charge in [-0.3, -0.25) is 0 Å². The van der Waals surface area contributed by atoms with Crippen LogP contribution in [0.25, 0.3) is 0 Å². The highest BCUT2D eigenvalue weighted by Gasteiger charge is 2.10. The molecule has 0 unspecified atom stereocenters. The van der Waals surface area contributed by atoms with Gasteiger partial charge in [-0.05, 0) is 6.92 Å². The van der Waals surface area contributed by atoms with E-state index in [4.69, 9.17) is 0 Å². The zero-order chi connectivity index (χ0) is 13.0. The Bertz CT molecular complexity index is 536. The van der Waals surface area contributed by atoms with Gasteiger partial charge in [0.1, 0.15) is 0 Å². The van der Waals surface area contributed by atoms with Crippen molar-refractivity contribution in [3.05, 3.63) is 27.2 Å². The lowest BCUT2D eigenvalue weighted by Gasteiger charge is -1.99. The van der Waals surface area contributed by atoms with Crippen LogP contribution in [0.1, 0.15) is 21.2 Å². The van der Waals surface area contributed by atoms with Crippen molar-refractivity contribution in [3.63, 3.8) is 0 Å². The minimum absolute atomic E-state index is 0.343. The third-order valence-corrected chi connectivity index (χ3v) is 4.01. The minimum Gasteiger partial charge on any atom is -0.464 e. The number of aryl methyl sites for hydroxylation is 1. The lowest BCUT2D eigenvalue weighted by Crippen LogP contribution is -2.06. The van der Waals surface area contributed by atoms with Crippen LogP contribution < -0.4 is 5.32 Å². The second-order valence-electron chi connectivity index (χ2n) is 3.59.